The van der Waals surface area contributed by atoms with Crippen LogP contribution < -0.4 is 4.73 Å². The first kappa shape index (κ1) is 32.4. The van der Waals surface area contributed by atoms with Gasteiger partial charge in [-0.15, -0.1) is 23.2 Å². The minimum atomic E-state index is -3.59. The van der Waals surface area contributed by atoms with Crippen molar-refractivity contribution in [3.63, 3.8) is 0 Å². The fourth-order valence-electron chi connectivity index (χ4n) is 2.10. The molecule has 0 spiro atoms. The summed E-state index contributed by atoms with van der Waals surface area (Å²) in [6, 6.07) is 6.13. The minimum absolute atomic E-state index is 0.194. The van der Waals surface area contributed by atoms with Crippen LogP contribution in [0.5, 0.6) is 0 Å². The summed E-state index contributed by atoms with van der Waals surface area (Å²) in [5.74, 6) is 0. The van der Waals surface area contributed by atoms with Crippen molar-refractivity contribution < 1.29 is 45.4 Å². The van der Waals surface area contributed by atoms with Gasteiger partial charge in [0.05, 0.1) is 31.1 Å². The second-order valence-electron chi connectivity index (χ2n) is 7.28. The van der Waals surface area contributed by atoms with Gasteiger partial charge in [0, 0.05) is 29.3 Å². The second-order valence-corrected chi connectivity index (χ2v) is 11.4. The van der Waals surface area contributed by atoms with E-state index >= 15 is 0 Å². The van der Waals surface area contributed by atoms with E-state index in [0.717, 1.165) is 17.2 Å². The first-order valence-electron chi connectivity index (χ1n) is 9.30. The third kappa shape index (κ3) is 14.6. The van der Waals surface area contributed by atoms with E-state index in [1.165, 1.54) is 50.8 Å². The Bertz CT molecular complexity index is 1060. The largest absolute Gasteiger partial charge is 0.383 e. The molecule has 0 bridgehead atoms. The van der Waals surface area contributed by atoms with Crippen LogP contribution in [0, 0.1) is 0 Å². The van der Waals surface area contributed by atoms with E-state index in [4.69, 9.17) is 28.4 Å². The van der Waals surface area contributed by atoms with Crippen molar-refractivity contribution >= 4 is 43.4 Å². The molecule has 0 fully saturated rings. The Kier molecular flexibility index (Phi) is 13.4. The molecule has 3 N–H and O–H groups in total. The van der Waals surface area contributed by atoms with Crippen LogP contribution in [0.4, 0.5) is 0 Å². The number of aromatic nitrogens is 2. The zero-order chi connectivity index (χ0) is 26.6. The van der Waals surface area contributed by atoms with E-state index < -0.39 is 31.4 Å². The normalized spacial score (nSPS) is 14.9. The zero-order valence-electron chi connectivity index (χ0n) is 19.0. The highest BCUT2D eigenvalue weighted by atomic mass is 35.5. The average Bonchev–Trinajstić information content (AvgIpc) is 2.72. The van der Waals surface area contributed by atoms with Gasteiger partial charge in [-0.2, -0.15) is 16.8 Å². The molecule has 2 atom stereocenters. The van der Waals surface area contributed by atoms with E-state index in [2.05, 4.69) is 13.4 Å². The second kappa shape index (κ2) is 14.1. The Morgan fingerprint density at radius 3 is 1.50 bits per heavy atom. The van der Waals surface area contributed by atoms with Crippen LogP contribution in [0.1, 0.15) is 25.0 Å². The van der Waals surface area contributed by atoms with Crippen molar-refractivity contribution in [1.82, 2.24) is 4.98 Å². The molecule has 0 aliphatic rings. The summed E-state index contributed by atoms with van der Waals surface area (Å²) in [5, 5.41) is 29.1. The van der Waals surface area contributed by atoms with E-state index in [1.54, 1.807) is 12.1 Å². The lowest BCUT2D eigenvalue weighted by molar-refractivity contribution is -0.904. The molecule has 2 heterocycles. The van der Waals surface area contributed by atoms with Crippen molar-refractivity contribution in [2.75, 3.05) is 31.1 Å². The summed E-state index contributed by atoms with van der Waals surface area (Å²) in [6.45, 7) is 2.22. The van der Waals surface area contributed by atoms with Crippen molar-refractivity contribution in [3.05, 3.63) is 60.2 Å². The highest BCUT2D eigenvalue weighted by Gasteiger charge is 2.27. The lowest BCUT2D eigenvalue weighted by atomic mass is 9.99. The van der Waals surface area contributed by atoms with Gasteiger partial charge in [-0.3, -0.25) is 18.6 Å². The molecule has 0 saturated heterocycles. The maximum absolute atomic E-state index is 10.8. The third-order valence-corrected chi connectivity index (χ3v) is 4.94. The smallest absolute Gasteiger partial charge is 0.264 e. The molecular formula is C19H29Cl2N2O9S2+. The lowest BCUT2D eigenvalue weighted by Crippen LogP contribution is -2.33. The molecule has 0 aliphatic heterocycles. The molecule has 2 rings (SSSR count). The lowest BCUT2D eigenvalue weighted by Gasteiger charge is -2.22. The van der Waals surface area contributed by atoms with Crippen LogP contribution in [-0.4, -0.2) is 68.3 Å². The van der Waals surface area contributed by atoms with E-state index in [0.29, 0.717) is 11.1 Å². The quantitative estimate of drug-likeness (QED) is 0.183. The van der Waals surface area contributed by atoms with Gasteiger partial charge in [0.15, 0.2) is 0 Å². The molecule has 34 heavy (non-hydrogen) atoms. The molecule has 0 unspecified atom stereocenters. The van der Waals surface area contributed by atoms with E-state index in [-0.39, 0.29) is 18.6 Å². The van der Waals surface area contributed by atoms with Gasteiger partial charge < -0.3 is 10.2 Å². The standard InChI is InChI=1S/C9H14NO5S.C9H13NO4S.CH2Cl2/c1-9(11,7-15-16(2,13)14)8-3-5-10(12)6-4-8;1-9(11,7-14-15(2,12)13)8-3-5-10-6-4-8;2-1-3/h3-6,11-12H,7H2,1-2H3;3-6,11H,7H2,1-2H3;1H2/q+1;;/t2*9-;/m11./s1. The van der Waals surface area contributed by atoms with Gasteiger partial charge in [0.2, 0.25) is 12.4 Å². The molecule has 0 aliphatic carbocycles. The summed E-state index contributed by atoms with van der Waals surface area (Å²) in [6.07, 6.45) is 7.54. The predicted octanol–water partition coefficient (Wildman–Crippen LogP) is 1.08. The fraction of sp³-hybridized carbons (Fsp3) is 0.474. The van der Waals surface area contributed by atoms with Crippen molar-refractivity contribution in [2.24, 2.45) is 0 Å². The van der Waals surface area contributed by atoms with Crippen molar-refractivity contribution in [1.29, 1.82) is 0 Å². The number of halogens is 2. The van der Waals surface area contributed by atoms with Gasteiger partial charge in [-0.05, 0) is 37.1 Å². The molecule has 15 heteroatoms. The highest BCUT2D eigenvalue weighted by molar-refractivity contribution is 7.86. The third-order valence-electron chi connectivity index (χ3n) is 3.85. The molecule has 0 aromatic carbocycles. The fourth-order valence-corrected chi connectivity index (χ4v) is 2.99. The number of pyridine rings is 2. The van der Waals surface area contributed by atoms with Gasteiger partial charge in [0.25, 0.3) is 20.2 Å². The number of hydrogen-bond donors (Lipinski definition) is 3. The monoisotopic (exact) mass is 563 g/mol. The van der Waals surface area contributed by atoms with Gasteiger partial charge in [-0.1, -0.05) is 0 Å². The van der Waals surface area contributed by atoms with Crippen LogP contribution in [0.15, 0.2) is 49.1 Å². The molecule has 194 valence electrons. The molecular weight excluding hydrogens is 535 g/mol. The van der Waals surface area contributed by atoms with Crippen LogP contribution in [0.3, 0.4) is 0 Å². The molecule has 2 aromatic rings. The number of aliphatic hydroxyl groups is 2. The Hall–Kier alpha value is -1.58. The summed E-state index contributed by atoms with van der Waals surface area (Å²) < 4.78 is 53.0. The molecule has 0 amide bonds. The Labute approximate surface area is 209 Å². The SMILES string of the molecule is C[C@@](O)(COS(C)(=O)=O)c1cc[n+](O)cc1.C[C@@](O)(COS(C)(=O)=O)c1ccncc1.ClCCl. The first-order chi connectivity index (χ1) is 15.4. The number of rotatable bonds is 8. The summed E-state index contributed by atoms with van der Waals surface area (Å²) in [7, 11) is -7.13. The van der Waals surface area contributed by atoms with Gasteiger partial charge >= 0.3 is 0 Å². The maximum Gasteiger partial charge on any atom is 0.264 e. The summed E-state index contributed by atoms with van der Waals surface area (Å²) >= 11 is 9.53. The van der Waals surface area contributed by atoms with Crippen LogP contribution in [0.2, 0.25) is 0 Å². The predicted molar refractivity (Wildman–Crippen MR) is 125 cm³/mol. The molecule has 11 nitrogen and oxygen atoms in total. The molecule has 0 radical (unpaired) electrons. The maximum atomic E-state index is 10.8. The van der Waals surface area contributed by atoms with Crippen LogP contribution in [0.25, 0.3) is 0 Å². The molecule has 2 aromatic heterocycles. The van der Waals surface area contributed by atoms with Crippen LogP contribution >= 0.6 is 23.2 Å². The summed E-state index contributed by atoms with van der Waals surface area (Å²) in [4.78, 5) is 3.80. The van der Waals surface area contributed by atoms with Gasteiger partial charge in [0.1, 0.15) is 11.2 Å². The summed E-state index contributed by atoms with van der Waals surface area (Å²) in [5.41, 5.74) is -1.77. The average molecular weight is 564 g/mol. The van der Waals surface area contributed by atoms with E-state index in [1.807, 2.05) is 0 Å². The van der Waals surface area contributed by atoms with E-state index in [9.17, 15) is 27.0 Å². The Morgan fingerprint density at radius 1 is 0.853 bits per heavy atom. The zero-order valence-corrected chi connectivity index (χ0v) is 22.1. The minimum Gasteiger partial charge on any atom is -0.383 e. The Morgan fingerprint density at radius 2 is 1.18 bits per heavy atom. The number of hydrogen-bond acceptors (Lipinski definition) is 10. The van der Waals surface area contributed by atoms with Gasteiger partial charge in [-0.25, -0.2) is 0 Å². The molecule has 0 saturated carbocycles. The van der Waals surface area contributed by atoms with Crippen molar-refractivity contribution in [3.8, 4) is 0 Å². The Balaban J connectivity index is 0.000000575. The van der Waals surface area contributed by atoms with Crippen molar-refractivity contribution in [2.45, 2.75) is 25.0 Å². The number of nitrogens with zero attached hydrogens (tertiary/aromatic N) is 2. The highest BCUT2D eigenvalue weighted by Crippen LogP contribution is 2.21. The topological polar surface area (TPSA) is 164 Å². The van der Waals surface area contributed by atoms with Crippen LogP contribution in [-0.2, 0) is 39.8 Å². The first-order valence-corrected chi connectivity index (χ1v) is 14.0. The number of alkyl halides is 2.